The molecule has 0 radical (unpaired) electrons. The van der Waals surface area contributed by atoms with Crippen molar-refractivity contribution in [3.63, 3.8) is 0 Å². The van der Waals surface area contributed by atoms with Gasteiger partial charge in [-0.15, -0.1) is 0 Å². The van der Waals surface area contributed by atoms with Crippen LogP contribution in [0.4, 0.5) is 0 Å². The first-order valence-corrected chi connectivity index (χ1v) is 6.07. The maximum Gasteiger partial charge on any atom is 0.135 e. The van der Waals surface area contributed by atoms with E-state index in [4.69, 9.17) is 9.47 Å². The van der Waals surface area contributed by atoms with Crippen LogP contribution in [-0.4, -0.2) is 24.4 Å². The Bertz CT molecular complexity index is 402. The number of aliphatic hydroxyl groups excluding tert-OH is 1. The van der Waals surface area contributed by atoms with Gasteiger partial charge < -0.3 is 14.6 Å². The summed E-state index contributed by atoms with van der Waals surface area (Å²) in [6.45, 7) is 4.59. The van der Waals surface area contributed by atoms with Crippen LogP contribution >= 0.6 is 0 Å². The van der Waals surface area contributed by atoms with Gasteiger partial charge in [0.2, 0.25) is 0 Å². The molecule has 0 bridgehead atoms. The maximum atomic E-state index is 10.2. The summed E-state index contributed by atoms with van der Waals surface area (Å²) in [5.74, 6) is 0.785. The van der Waals surface area contributed by atoms with Gasteiger partial charge in [0.1, 0.15) is 11.4 Å². The second-order valence-electron chi connectivity index (χ2n) is 4.83. The molecule has 1 aromatic carbocycles. The fourth-order valence-corrected chi connectivity index (χ4v) is 2.43. The molecule has 17 heavy (non-hydrogen) atoms. The van der Waals surface area contributed by atoms with E-state index in [0.29, 0.717) is 13.0 Å². The van der Waals surface area contributed by atoms with Gasteiger partial charge in [-0.3, -0.25) is 0 Å². The molecule has 1 aliphatic heterocycles. The standard InChI is InChI=1S/C14H20O3/c1-4-14(9-16-3)8-12(15)11-7-10(2)5-6-13(11)17-14/h5-7,12,15H,4,8-9H2,1-3H3/t12-,14?/m1/s1. The van der Waals surface area contributed by atoms with Crippen LogP contribution in [0.2, 0.25) is 0 Å². The fraction of sp³-hybridized carbons (Fsp3) is 0.571. The number of methoxy groups -OCH3 is 1. The Morgan fingerprint density at radius 2 is 2.29 bits per heavy atom. The summed E-state index contributed by atoms with van der Waals surface area (Å²) in [5.41, 5.74) is 1.64. The van der Waals surface area contributed by atoms with Crippen molar-refractivity contribution < 1.29 is 14.6 Å². The quantitative estimate of drug-likeness (QED) is 0.876. The summed E-state index contributed by atoms with van der Waals surface area (Å²) >= 11 is 0. The average Bonchev–Trinajstić information content (AvgIpc) is 2.31. The van der Waals surface area contributed by atoms with Crippen molar-refractivity contribution >= 4 is 0 Å². The van der Waals surface area contributed by atoms with Crippen molar-refractivity contribution in [2.75, 3.05) is 13.7 Å². The predicted octanol–water partition coefficient (Wildman–Crippen LogP) is 2.61. The number of ether oxygens (including phenoxy) is 2. The number of hydrogen-bond acceptors (Lipinski definition) is 3. The number of hydrogen-bond donors (Lipinski definition) is 1. The highest BCUT2D eigenvalue weighted by Gasteiger charge is 2.39. The molecule has 0 spiro atoms. The lowest BCUT2D eigenvalue weighted by Crippen LogP contribution is -2.44. The molecule has 3 nitrogen and oxygen atoms in total. The van der Waals surface area contributed by atoms with Crippen LogP contribution in [0.5, 0.6) is 5.75 Å². The van der Waals surface area contributed by atoms with E-state index in [2.05, 4.69) is 6.92 Å². The van der Waals surface area contributed by atoms with Crippen LogP contribution in [0.3, 0.4) is 0 Å². The van der Waals surface area contributed by atoms with E-state index in [1.54, 1.807) is 7.11 Å². The van der Waals surface area contributed by atoms with E-state index >= 15 is 0 Å². The number of rotatable bonds is 3. The van der Waals surface area contributed by atoms with E-state index in [-0.39, 0.29) is 0 Å². The Morgan fingerprint density at radius 1 is 1.53 bits per heavy atom. The third-order valence-corrected chi connectivity index (χ3v) is 3.47. The summed E-state index contributed by atoms with van der Waals surface area (Å²) in [6.07, 6.45) is 0.952. The Labute approximate surface area is 102 Å². The first-order chi connectivity index (χ1) is 8.10. The van der Waals surface area contributed by atoms with Crippen LogP contribution in [0.15, 0.2) is 18.2 Å². The van der Waals surface area contributed by atoms with Crippen LogP contribution < -0.4 is 4.74 Å². The summed E-state index contributed by atoms with van der Waals surface area (Å²) in [6, 6.07) is 5.93. The largest absolute Gasteiger partial charge is 0.484 e. The number of aliphatic hydroxyl groups is 1. The Balaban J connectivity index is 2.35. The van der Waals surface area contributed by atoms with E-state index in [1.165, 1.54) is 0 Å². The third-order valence-electron chi connectivity index (χ3n) is 3.47. The SMILES string of the molecule is CCC1(COC)C[C@@H](O)c2cc(C)ccc2O1. The van der Waals surface area contributed by atoms with Crippen molar-refractivity contribution in [3.8, 4) is 5.75 Å². The van der Waals surface area contributed by atoms with Crippen molar-refractivity contribution in [1.82, 2.24) is 0 Å². The number of aryl methyl sites for hydroxylation is 1. The smallest absolute Gasteiger partial charge is 0.135 e. The first-order valence-electron chi connectivity index (χ1n) is 6.07. The van der Waals surface area contributed by atoms with Crippen LogP contribution in [0.25, 0.3) is 0 Å². The van der Waals surface area contributed by atoms with Gasteiger partial charge in [0, 0.05) is 19.1 Å². The van der Waals surface area contributed by atoms with Gasteiger partial charge in [-0.2, -0.15) is 0 Å². The van der Waals surface area contributed by atoms with Gasteiger partial charge in [-0.25, -0.2) is 0 Å². The highest BCUT2D eigenvalue weighted by molar-refractivity contribution is 5.40. The molecule has 1 unspecified atom stereocenters. The van der Waals surface area contributed by atoms with Crippen LogP contribution in [0.1, 0.15) is 37.0 Å². The summed E-state index contributed by atoms with van der Waals surface area (Å²) in [4.78, 5) is 0. The minimum atomic E-state index is -0.464. The zero-order valence-electron chi connectivity index (χ0n) is 10.7. The molecule has 3 heteroatoms. The zero-order chi connectivity index (χ0) is 12.5. The molecule has 0 saturated heterocycles. The molecular formula is C14H20O3. The minimum Gasteiger partial charge on any atom is -0.484 e. The number of fused-ring (bicyclic) bond motifs is 1. The highest BCUT2D eigenvalue weighted by atomic mass is 16.5. The Morgan fingerprint density at radius 3 is 2.94 bits per heavy atom. The lowest BCUT2D eigenvalue weighted by molar-refractivity contribution is -0.0626. The van der Waals surface area contributed by atoms with Crippen molar-refractivity contribution in [1.29, 1.82) is 0 Å². The molecule has 1 N–H and O–H groups in total. The van der Waals surface area contributed by atoms with E-state index < -0.39 is 11.7 Å². The van der Waals surface area contributed by atoms with Gasteiger partial charge in [0.15, 0.2) is 0 Å². The fourth-order valence-electron chi connectivity index (χ4n) is 2.43. The molecular weight excluding hydrogens is 216 g/mol. The average molecular weight is 236 g/mol. The normalized spacial score (nSPS) is 27.4. The van der Waals surface area contributed by atoms with E-state index in [1.807, 2.05) is 25.1 Å². The molecule has 2 rings (SSSR count). The molecule has 0 fully saturated rings. The molecule has 94 valence electrons. The molecule has 0 aromatic heterocycles. The molecule has 2 atom stereocenters. The van der Waals surface area contributed by atoms with Gasteiger partial charge >= 0.3 is 0 Å². The minimum absolute atomic E-state index is 0.392. The van der Waals surface area contributed by atoms with Gasteiger partial charge in [0.25, 0.3) is 0 Å². The van der Waals surface area contributed by atoms with Gasteiger partial charge in [-0.05, 0) is 25.5 Å². The third kappa shape index (κ3) is 2.31. The van der Waals surface area contributed by atoms with Crippen molar-refractivity contribution in [2.24, 2.45) is 0 Å². The molecule has 0 saturated carbocycles. The summed E-state index contributed by atoms with van der Waals surface area (Å²) in [5, 5.41) is 10.2. The highest BCUT2D eigenvalue weighted by Crippen LogP contribution is 2.41. The van der Waals surface area contributed by atoms with Crippen molar-refractivity contribution in [3.05, 3.63) is 29.3 Å². The second kappa shape index (κ2) is 4.67. The monoisotopic (exact) mass is 236 g/mol. The predicted molar refractivity (Wildman–Crippen MR) is 66.3 cm³/mol. The molecule has 1 aromatic rings. The summed E-state index contributed by atoms with van der Waals surface area (Å²) in [7, 11) is 1.66. The lowest BCUT2D eigenvalue weighted by Gasteiger charge is -2.40. The topological polar surface area (TPSA) is 38.7 Å². The van der Waals surface area contributed by atoms with Crippen LogP contribution in [-0.2, 0) is 4.74 Å². The molecule has 0 amide bonds. The lowest BCUT2D eigenvalue weighted by atomic mass is 9.87. The van der Waals surface area contributed by atoms with Gasteiger partial charge in [0.05, 0.1) is 12.7 Å². The van der Waals surface area contributed by atoms with Gasteiger partial charge in [-0.1, -0.05) is 18.6 Å². The van der Waals surface area contributed by atoms with E-state index in [0.717, 1.165) is 23.3 Å². The Hall–Kier alpha value is -1.06. The second-order valence-corrected chi connectivity index (χ2v) is 4.83. The molecule has 1 aliphatic rings. The molecule has 0 aliphatic carbocycles. The Kier molecular flexibility index (Phi) is 3.40. The maximum absolute atomic E-state index is 10.2. The van der Waals surface area contributed by atoms with E-state index in [9.17, 15) is 5.11 Å². The molecule has 1 heterocycles. The zero-order valence-corrected chi connectivity index (χ0v) is 10.7. The van der Waals surface area contributed by atoms with Crippen molar-refractivity contribution in [2.45, 2.75) is 38.4 Å². The van der Waals surface area contributed by atoms with Crippen LogP contribution in [0, 0.1) is 6.92 Å². The first kappa shape index (κ1) is 12.4. The number of benzene rings is 1. The summed E-state index contributed by atoms with van der Waals surface area (Å²) < 4.78 is 11.3.